The molecule has 0 aliphatic carbocycles. The van der Waals surface area contributed by atoms with E-state index in [-0.39, 0.29) is 6.10 Å². The molecule has 0 heterocycles. The third-order valence-corrected chi connectivity index (χ3v) is 7.47. The molecule has 0 aliphatic heterocycles. The number of ether oxygens (including phenoxy) is 3. The molecule has 0 unspecified atom stereocenters. The SMILES string of the molecule is CCCCCCCCCCCCCCCCOC[C@@H](COCCCC=NCCCCCC)OCc1ccccc1. The fourth-order valence-corrected chi connectivity index (χ4v) is 4.85. The van der Waals surface area contributed by atoms with Gasteiger partial charge in [0.05, 0.1) is 19.8 Å². The topological polar surface area (TPSA) is 40.0 Å². The Balaban J connectivity index is 2.05. The molecule has 0 bridgehead atoms. The zero-order valence-electron chi connectivity index (χ0n) is 26.6. The molecule has 40 heavy (non-hydrogen) atoms. The van der Waals surface area contributed by atoms with E-state index in [9.17, 15) is 0 Å². The number of rotatable bonds is 31. The summed E-state index contributed by atoms with van der Waals surface area (Å²) < 4.78 is 18.1. The van der Waals surface area contributed by atoms with Gasteiger partial charge in [-0.15, -0.1) is 0 Å². The van der Waals surface area contributed by atoms with Gasteiger partial charge in [0.1, 0.15) is 6.10 Å². The molecule has 0 N–H and O–H groups in total. The third-order valence-electron chi connectivity index (χ3n) is 7.47. The summed E-state index contributed by atoms with van der Waals surface area (Å²) in [5.41, 5.74) is 1.19. The van der Waals surface area contributed by atoms with Gasteiger partial charge in [-0.1, -0.05) is 147 Å². The first-order chi connectivity index (χ1) is 19.9. The van der Waals surface area contributed by atoms with Crippen LogP contribution in [-0.4, -0.2) is 45.3 Å². The van der Waals surface area contributed by atoms with Crippen LogP contribution in [0.15, 0.2) is 35.3 Å². The van der Waals surface area contributed by atoms with Gasteiger partial charge in [-0.05, 0) is 37.5 Å². The van der Waals surface area contributed by atoms with E-state index >= 15 is 0 Å². The standard InChI is InChI=1S/C36H65NO3/c1-3-5-7-9-10-11-12-13-14-15-16-17-18-24-30-38-33-36(40-32-35-26-20-19-21-27-35)34-39-31-25-23-29-37-28-22-8-6-4-2/h19-21,26-27,29,36H,3-18,22-25,28,30-34H2,1-2H3/t36-/m0/s1. The maximum atomic E-state index is 6.17. The number of nitrogens with zero attached hydrogens (tertiary/aromatic N) is 1. The van der Waals surface area contributed by atoms with Crippen LogP contribution < -0.4 is 0 Å². The van der Waals surface area contributed by atoms with Crippen LogP contribution in [0.2, 0.25) is 0 Å². The van der Waals surface area contributed by atoms with Crippen molar-refractivity contribution in [2.24, 2.45) is 4.99 Å². The number of aliphatic imine (C=N–C) groups is 1. The highest BCUT2D eigenvalue weighted by Gasteiger charge is 2.10. The van der Waals surface area contributed by atoms with Crippen LogP contribution in [0, 0.1) is 0 Å². The van der Waals surface area contributed by atoms with Gasteiger partial charge in [-0.3, -0.25) is 4.99 Å². The summed E-state index contributed by atoms with van der Waals surface area (Å²) in [6, 6.07) is 10.4. The second-order valence-corrected chi connectivity index (χ2v) is 11.5. The summed E-state index contributed by atoms with van der Waals surface area (Å²) in [4.78, 5) is 4.52. The van der Waals surface area contributed by atoms with Crippen LogP contribution in [0.25, 0.3) is 0 Å². The Labute approximate surface area is 249 Å². The van der Waals surface area contributed by atoms with Crippen molar-refractivity contribution >= 4 is 6.21 Å². The molecule has 0 spiro atoms. The molecule has 4 heteroatoms. The molecule has 0 aromatic heterocycles. The second kappa shape index (κ2) is 30.7. The normalized spacial score (nSPS) is 12.4. The van der Waals surface area contributed by atoms with E-state index in [0.29, 0.717) is 19.8 Å². The van der Waals surface area contributed by atoms with Gasteiger partial charge in [0.15, 0.2) is 0 Å². The number of benzene rings is 1. The van der Waals surface area contributed by atoms with E-state index in [1.807, 2.05) is 6.07 Å². The first kappa shape index (κ1) is 36.8. The van der Waals surface area contributed by atoms with Crippen LogP contribution in [0.1, 0.15) is 148 Å². The fourth-order valence-electron chi connectivity index (χ4n) is 4.85. The van der Waals surface area contributed by atoms with Crippen molar-refractivity contribution in [3.8, 4) is 0 Å². The van der Waals surface area contributed by atoms with E-state index in [1.165, 1.54) is 115 Å². The smallest absolute Gasteiger partial charge is 0.105 e. The highest BCUT2D eigenvalue weighted by atomic mass is 16.6. The Kier molecular flexibility index (Phi) is 28.3. The summed E-state index contributed by atoms with van der Waals surface area (Å²) >= 11 is 0. The van der Waals surface area contributed by atoms with E-state index in [4.69, 9.17) is 14.2 Å². The molecule has 0 radical (unpaired) electrons. The quantitative estimate of drug-likeness (QED) is 0.0671. The molecule has 1 atom stereocenters. The largest absolute Gasteiger partial charge is 0.379 e. The van der Waals surface area contributed by atoms with Crippen molar-refractivity contribution in [1.82, 2.24) is 0 Å². The van der Waals surface area contributed by atoms with E-state index < -0.39 is 0 Å². The zero-order valence-corrected chi connectivity index (χ0v) is 26.6. The van der Waals surface area contributed by atoms with Gasteiger partial charge in [0, 0.05) is 19.8 Å². The molecular weight excluding hydrogens is 494 g/mol. The first-order valence-corrected chi connectivity index (χ1v) is 17.2. The summed E-state index contributed by atoms with van der Waals surface area (Å²) in [7, 11) is 0. The average Bonchev–Trinajstić information content (AvgIpc) is 2.98. The lowest BCUT2D eigenvalue weighted by atomic mass is 10.0. The average molecular weight is 560 g/mol. The van der Waals surface area contributed by atoms with Crippen LogP contribution >= 0.6 is 0 Å². The molecular formula is C36H65NO3. The maximum absolute atomic E-state index is 6.17. The van der Waals surface area contributed by atoms with Crippen LogP contribution in [-0.2, 0) is 20.8 Å². The van der Waals surface area contributed by atoms with Crippen LogP contribution in [0.3, 0.4) is 0 Å². The minimum Gasteiger partial charge on any atom is -0.379 e. The Morgan fingerprint density at radius 3 is 1.68 bits per heavy atom. The molecule has 1 rings (SSSR count). The van der Waals surface area contributed by atoms with Gasteiger partial charge in [0.2, 0.25) is 0 Å². The molecule has 0 saturated carbocycles. The van der Waals surface area contributed by atoms with Crippen molar-refractivity contribution in [3.63, 3.8) is 0 Å². The van der Waals surface area contributed by atoms with Gasteiger partial charge in [0.25, 0.3) is 0 Å². The lowest BCUT2D eigenvalue weighted by Gasteiger charge is -2.18. The Morgan fingerprint density at radius 2 is 1.10 bits per heavy atom. The molecule has 4 nitrogen and oxygen atoms in total. The van der Waals surface area contributed by atoms with Gasteiger partial charge in [-0.2, -0.15) is 0 Å². The highest BCUT2D eigenvalue weighted by molar-refractivity contribution is 5.56. The zero-order chi connectivity index (χ0) is 28.6. The van der Waals surface area contributed by atoms with Crippen molar-refractivity contribution < 1.29 is 14.2 Å². The Bertz CT molecular complexity index is 636. The van der Waals surface area contributed by atoms with E-state index in [1.54, 1.807) is 0 Å². The minimum absolute atomic E-state index is 0.0286. The van der Waals surface area contributed by atoms with E-state index in [0.717, 1.165) is 39.0 Å². The van der Waals surface area contributed by atoms with Crippen molar-refractivity contribution in [1.29, 1.82) is 0 Å². The first-order valence-electron chi connectivity index (χ1n) is 17.2. The Morgan fingerprint density at radius 1 is 0.600 bits per heavy atom. The van der Waals surface area contributed by atoms with Gasteiger partial charge in [-0.25, -0.2) is 0 Å². The molecule has 232 valence electrons. The summed E-state index contributed by atoms with van der Waals surface area (Å²) in [6.45, 7) is 8.84. The molecule has 1 aromatic rings. The van der Waals surface area contributed by atoms with Gasteiger partial charge >= 0.3 is 0 Å². The maximum Gasteiger partial charge on any atom is 0.105 e. The predicted molar refractivity (Wildman–Crippen MR) is 174 cm³/mol. The molecule has 0 fully saturated rings. The van der Waals surface area contributed by atoms with Crippen molar-refractivity contribution in [3.05, 3.63) is 35.9 Å². The van der Waals surface area contributed by atoms with Crippen LogP contribution in [0.5, 0.6) is 0 Å². The third kappa shape index (κ3) is 25.7. The minimum atomic E-state index is -0.0286. The van der Waals surface area contributed by atoms with Crippen molar-refractivity contribution in [2.75, 3.05) is 33.0 Å². The van der Waals surface area contributed by atoms with Crippen LogP contribution in [0.4, 0.5) is 0 Å². The lowest BCUT2D eigenvalue weighted by Crippen LogP contribution is -2.26. The number of unbranched alkanes of at least 4 members (excludes halogenated alkanes) is 17. The van der Waals surface area contributed by atoms with E-state index in [2.05, 4.69) is 49.3 Å². The summed E-state index contributed by atoms with van der Waals surface area (Å²) in [6.07, 6.45) is 28.4. The second-order valence-electron chi connectivity index (χ2n) is 11.5. The monoisotopic (exact) mass is 559 g/mol. The number of hydrogen-bond donors (Lipinski definition) is 0. The predicted octanol–water partition coefficient (Wildman–Crippen LogP) is 10.5. The highest BCUT2D eigenvalue weighted by Crippen LogP contribution is 2.13. The molecule has 0 amide bonds. The molecule has 0 aliphatic rings. The lowest BCUT2D eigenvalue weighted by molar-refractivity contribution is -0.0671. The summed E-state index contributed by atoms with van der Waals surface area (Å²) in [5.74, 6) is 0. The van der Waals surface area contributed by atoms with Crippen molar-refractivity contribution in [2.45, 2.75) is 155 Å². The fraction of sp³-hybridized carbons (Fsp3) is 0.806. The number of hydrogen-bond acceptors (Lipinski definition) is 4. The Hall–Kier alpha value is -1.23. The summed E-state index contributed by atoms with van der Waals surface area (Å²) in [5, 5.41) is 0. The van der Waals surface area contributed by atoms with Gasteiger partial charge < -0.3 is 14.2 Å². The molecule has 0 saturated heterocycles. The molecule has 1 aromatic carbocycles.